The SMILES string of the molecule is CC(C)(C)c1cc(NC(=O)Nc2cccc(Oc3cncc4[nH]c(=O)cnc34)c2F)n(-c2ccccc2)n1. The highest BCUT2D eigenvalue weighted by Gasteiger charge is 2.22. The van der Waals surface area contributed by atoms with Crippen molar-refractivity contribution in [3.63, 3.8) is 0 Å². The number of pyridine rings is 1. The fourth-order valence-corrected chi connectivity index (χ4v) is 3.70. The standard InChI is InChI=1S/C27H24FN7O3/c1-27(2,3)21-12-22(35(34-21)16-8-5-4-6-9-16)33-26(37)32-17-10-7-11-19(24(17)28)38-20-14-29-13-18-25(20)30-15-23(36)31-18/h4-15H,1-3H3,(H,31,36)(H2,32,33,37). The van der Waals surface area contributed by atoms with Gasteiger partial charge < -0.3 is 15.0 Å². The molecule has 0 aliphatic heterocycles. The summed E-state index contributed by atoms with van der Waals surface area (Å²) in [6.45, 7) is 6.07. The molecule has 0 spiro atoms. The molecule has 0 aliphatic rings. The molecule has 0 radical (unpaired) electrons. The Kier molecular flexibility index (Phi) is 6.33. The zero-order valence-electron chi connectivity index (χ0n) is 20.8. The predicted molar refractivity (Wildman–Crippen MR) is 142 cm³/mol. The van der Waals surface area contributed by atoms with Crippen molar-refractivity contribution < 1.29 is 13.9 Å². The fourth-order valence-electron chi connectivity index (χ4n) is 3.70. The molecule has 2 aromatic carbocycles. The topological polar surface area (TPSA) is 127 Å². The van der Waals surface area contributed by atoms with E-state index in [0.29, 0.717) is 16.9 Å². The van der Waals surface area contributed by atoms with Gasteiger partial charge in [-0.2, -0.15) is 5.10 Å². The van der Waals surface area contributed by atoms with Crippen LogP contribution in [0.4, 0.5) is 20.7 Å². The highest BCUT2D eigenvalue weighted by atomic mass is 19.1. The van der Waals surface area contributed by atoms with Gasteiger partial charge >= 0.3 is 6.03 Å². The third-order valence-corrected chi connectivity index (χ3v) is 5.60. The average molecular weight is 514 g/mol. The molecule has 192 valence electrons. The first-order chi connectivity index (χ1) is 18.2. The summed E-state index contributed by atoms with van der Waals surface area (Å²) in [4.78, 5) is 35.1. The minimum Gasteiger partial charge on any atom is -0.450 e. The number of para-hydroxylation sites is 1. The van der Waals surface area contributed by atoms with Crippen molar-refractivity contribution in [2.24, 2.45) is 0 Å². The molecule has 10 nitrogen and oxygen atoms in total. The van der Waals surface area contributed by atoms with Crippen molar-refractivity contribution in [2.75, 3.05) is 10.6 Å². The maximum Gasteiger partial charge on any atom is 0.324 e. The quantitative estimate of drug-likeness (QED) is 0.290. The zero-order valence-corrected chi connectivity index (χ0v) is 20.8. The van der Waals surface area contributed by atoms with Gasteiger partial charge in [-0.05, 0) is 24.3 Å². The molecular weight excluding hydrogens is 489 g/mol. The molecule has 0 saturated heterocycles. The minimum atomic E-state index is -0.795. The van der Waals surface area contributed by atoms with E-state index in [0.717, 1.165) is 17.6 Å². The van der Waals surface area contributed by atoms with Crippen molar-refractivity contribution >= 4 is 28.6 Å². The second kappa shape index (κ2) is 9.77. The number of urea groups is 1. The molecule has 0 fully saturated rings. The van der Waals surface area contributed by atoms with Crippen molar-refractivity contribution in [1.82, 2.24) is 24.7 Å². The lowest BCUT2D eigenvalue weighted by atomic mass is 9.92. The number of carbonyl (C=O) groups is 1. The van der Waals surface area contributed by atoms with Gasteiger partial charge in [0.25, 0.3) is 5.56 Å². The summed E-state index contributed by atoms with van der Waals surface area (Å²) >= 11 is 0. The smallest absolute Gasteiger partial charge is 0.324 e. The van der Waals surface area contributed by atoms with E-state index in [4.69, 9.17) is 4.74 Å². The van der Waals surface area contributed by atoms with Gasteiger partial charge in [-0.15, -0.1) is 0 Å². The Balaban J connectivity index is 1.39. The monoisotopic (exact) mass is 513 g/mol. The zero-order chi connectivity index (χ0) is 26.9. The maximum absolute atomic E-state index is 15.3. The molecule has 0 aliphatic carbocycles. The first-order valence-corrected chi connectivity index (χ1v) is 11.7. The summed E-state index contributed by atoms with van der Waals surface area (Å²) in [6, 6.07) is 14.8. The Labute approximate surface area is 216 Å². The van der Waals surface area contributed by atoms with Crippen LogP contribution in [0.1, 0.15) is 26.5 Å². The summed E-state index contributed by atoms with van der Waals surface area (Å²) in [5.74, 6) is -0.389. The number of carbonyl (C=O) groups excluding carboxylic acids is 1. The first-order valence-electron chi connectivity index (χ1n) is 11.7. The van der Waals surface area contributed by atoms with E-state index in [-0.39, 0.29) is 22.6 Å². The van der Waals surface area contributed by atoms with Gasteiger partial charge in [-0.1, -0.05) is 45.0 Å². The Morgan fingerprint density at radius 1 is 1.00 bits per heavy atom. The molecule has 3 N–H and O–H groups in total. The summed E-state index contributed by atoms with van der Waals surface area (Å²) in [6.07, 6.45) is 3.87. The van der Waals surface area contributed by atoms with E-state index in [1.54, 1.807) is 10.7 Å². The number of aromatic amines is 1. The van der Waals surface area contributed by atoms with Crippen molar-refractivity contribution in [3.8, 4) is 17.2 Å². The summed E-state index contributed by atoms with van der Waals surface area (Å²) in [5, 5.41) is 9.96. The van der Waals surface area contributed by atoms with E-state index in [1.807, 2.05) is 51.1 Å². The molecule has 0 saturated carbocycles. The number of benzene rings is 2. The van der Waals surface area contributed by atoms with E-state index in [2.05, 4.69) is 30.7 Å². The maximum atomic E-state index is 15.3. The first kappa shape index (κ1) is 24.6. The molecule has 3 heterocycles. The van der Waals surface area contributed by atoms with Gasteiger partial charge in [-0.3, -0.25) is 15.1 Å². The molecular formula is C27H24FN7O3. The lowest BCUT2D eigenvalue weighted by Crippen LogP contribution is -2.22. The van der Waals surface area contributed by atoms with Crippen LogP contribution in [-0.4, -0.2) is 30.8 Å². The Morgan fingerprint density at radius 3 is 2.55 bits per heavy atom. The van der Waals surface area contributed by atoms with Crippen LogP contribution in [0.25, 0.3) is 16.7 Å². The Morgan fingerprint density at radius 2 is 1.79 bits per heavy atom. The second-order valence-electron chi connectivity index (χ2n) is 9.49. The van der Waals surface area contributed by atoms with Gasteiger partial charge in [0.15, 0.2) is 17.3 Å². The van der Waals surface area contributed by atoms with E-state index in [1.165, 1.54) is 30.6 Å². The molecule has 0 bridgehead atoms. The highest BCUT2D eigenvalue weighted by molar-refractivity contribution is 5.99. The molecule has 0 atom stereocenters. The van der Waals surface area contributed by atoms with Gasteiger partial charge in [0.1, 0.15) is 11.3 Å². The summed E-state index contributed by atoms with van der Waals surface area (Å²) < 4.78 is 22.7. The molecule has 11 heteroatoms. The Hall–Kier alpha value is -5.06. The molecule has 38 heavy (non-hydrogen) atoms. The molecule has 2 amide bonds. The lowest BCUT2D eigenvalue weighted by molar-refractivity contribution is 0.262. The van der Waals surface area contributed by atoms with Crippen LogP contribution >= 0.6 is 0 Å². The van der Waals surface area contributed by atoms with Crippen molar-refractivity contribution in [1.29, 1.82) is 0 Å². The number of amides is 2. The number of hydrogen-bond acceptors (Lipinski definition) is 6. The van der Waals surface area contributed by atoms with Crippen LogP contribution in [-0.2, 0) is 5.41 Å². The van der Waals surface area contributed by atoms with Crippen LogP contribution in [0.15, 0.2) is 78.0 Å². The molecule has 3 aromatic heterocycles. The largest absolute Gasteiger partial charge is 0.450 e. The van der Waals surface area contributed by atoms with Gasteiger partial charge in [0, 0.05) is 11.5 Å². The third-order valence-electron chi connectivity index (χ3n) is 5.60. The number of nitrogens with one attached hydrogen (secondary N) is 3. The third kappa shape index (κ3) is 5.07. The second-order valence-corrected chi connectivity index (χ2v) is 9.49. The van der Waals surface area contributed by atoms with Crippen LogP contribution in [0.3, 0.4) is 0 Å². The summed E-state index contributed by atoms with van der Waals surface area (Å²) in [7, 11) is 0. The van der Waals surface area contributed by atoms with E-state index < -0.39 is 17.4 Å². The number of hydrogen-bond donors (Lipinski definition) is 3. The molecule has 0 unspecified atom stereocenters. The number of fused-ring (bicyclic) bond motifs is 1. The fraction of sp³-hybridized carbons (Fsp3) is 0.148. The number of anilines is 2. The number of aromatic nitrogens is 5. The van der Waals surface area contributed by atoms with Crippen LogP contribution in [0, 0.1) is 5.82 Å². The normalized spacial score (nSPS) is 11.4. The van der Waals surface area contributed by atoms with Crippen LogP contribution in [0.2, 0.25) is 0 Å². The average Bonchev–Trinajstić information content (AvgIpc) is 3.31. The molecule has 5 rings (SSSR count). The molecule has 5 aromatic rings. The predicted octanol–water partition coefficient (Wildman–Crippen LogP) is 5.38. The number of ether oxygens (including phenoxy) is 1. The van der Waals surface area contributed by atoms with Crippen molar-refractivity contribution in [2.45, 2.75) is 26.2 Å². The van der Waals surface area contributed by atoms with E-state index in [9.17, 15) is 9.59 Å². The number of rotatable bonds is 5. The van der Waals surface area contributed by atoms with Gasteiger partial charge in [0.2, 0.25) is 0 Å². The summed E-state index contributed by atoms with van der Waals surface area (Å²) in [5.41, 5.74) is 1.42. The van der Waals surface area contributed by atoms with Crippen LogP contribution in [0.5, 0.6) is 11.5 Å². The van der Waals surface area contributed by atoms with Gasteiger partial charge in [0.05, 0.1) is 41.2 Å². The number of H-pyrrole nitrogens is 1. The minimum absolute atomic E-state index is 0.101. The number of halogens is 1. The van der Waals surface area contributed by atoms with Crippen molar-refractivity contribution in [3.05, 3.63) is 95.1 Å². The highest BCUT2D eigenvalue weighted by Crippen LogP contribution is 2.32. The van der Waals surface area contributed by atoms with Gasteiger partial charge in [-0.25, -0.2) is 18.9 Å². The lowest BCUT2D eigenvalue weighted by Gasteiger charge is -2.14. The van der Waals surface area contributed by atoms with Crippen LogP contribution < -0.4 is 20.9 Å². The number of nitrogens with zero attached hydrogens (tertiary/aromatic N) is 4. The van der Waals surface area contributed by atoms with E-state index >= 15 is 4.39 Å². The Bertz CT molecular complexity index is 1690.